The molecule has 1 aromatic carbocycles. The molecule has 0 radical (unpaired) electrons. The summed E-state index contributed by atoms with van der Waals surface area (Å²) in [6.45, 7) is 7.41. The van der Waals surface area contributed by atoms with E-state index in [0.717, 1.165) is 5.56 Å². The van der Waals surface area contributed by atoms with Gasteiger partial charge in [-0.05, 0) is 38.5 Å². The van der Waals surface area contributed by atoms with E-state index in [-0.39, 0.29) is 25.2 Å². The lowest BCUT2D eigenvalue weighted by molar-refractivity contribution is -0.141. The van der Waals surface area contributed by atoms with Crippen LogP contribution in [0.1, 0.15) is 19.4 Å². The number of nitrogens with one attached hydrogen (secondary N) is 1. The number of urea groups is 1. The summed E-state index contributed by atoms with van der Waals surface area (Å²) in [5.74, 6) is 1.17. The second-order valence-corrected chi connectivity index (χ2v) is 7.61. The molecule has 1 unspecified atom stereocenters. The zero-order valence-corrected chi connectivity index (χ0v) is 18.6. The van der Waals surface area contributed by atoms with Gasteiger partial charge < -0.3 is 24.6 Å². The van der Waals surface area contributed by atoms with Gasteiger partial charge >= 0.3 is 12.0 Å². The molecule has 1 fully saturated rings. The van der Waals surface area contributed by atoms with Crippen molar-refractivity contribution in [3.63, 3.8) is 0 Å². The minimum Gasteiger partial charge on any atom is -0.465 e. The first kappa shape index (κ1) is 22.6. The van der Waals surface area contributed by atoms with Gasteiger partial charge in [0.15, 0.2) is 0 Å². The molecule has 2 amide bonds. The number of carbonyl (C=O) groups is 2. The largest absolute Gasteiger partial charge is 0.465 e. The van der Waals surface area contributed by atoms with Crippen molar-refractivity contribution in [1.29, 1.82) is 0 Å². The summed E-state index contributed by atoms with van der Waals surface area (Å²) in [7, 11) is 0. The smallest absolute Gasteiger partial charge is 0.325 e. The molecule has 3 rings (SSSR count). The summed E-state index contributed by atoms with van der Waals surface area (Å²) in [5, 5.41) is 3.11. The van der Waals surface area contributed by atoms with Gasteiger partial charge in [-0.15, -0.1) is 0 Å². The van der Waals surface area contributed by atoms with Crippen LogP contribution in [0.15, 0.2) is 30.6 Å². The minimum atomic E-state index is -0.454. The first-order valence-corrected chi connectivity index (χ1v) is 10.5. The fraction of sp³-hybridized carbons (Fsp3) is 0.429. The van der Waals surface area contributed by atoms with Crippen molar-refractivity contribution in [2.45, 2.75) is 26.8 Å². The molecule has 0 spiro atoms. The van der Waals surface area contributed by atoms with Crippen molar-refractivity contribution in [2.75, 3.05) is 37.7 Å². The Bertz CT molecular complexity index is 942. The van der Waals surface area contributed by atoms with Gasteiger partial charge in [0.2, 0.25) is 5.88 Å². The Morgan fingerprint density at radius 1 is 1.26 bits per heavy atom. The topological polar surface area (TPSA) is 96.9 Å². The van der Waals surface area contributed by atoms with Crippen LogP contribution < -0.4 is 15.0 Å². The molecule has 2 aromatic rings. The van der Waals surface area contributed by atoms with Gasteiger partial charge in [-0.1, -0.05) is 17.7 Å². The lowest BCUT2D eigenvalue weighted by atomic mass is 10.2. The predicted molar refractivity (Wildman–Crippen MR) is 117 cm³/mol. The van der Waals surface area contributed by atoms with Crippen LogP contribution in [0.5, 0.6) is 11.6 Å². The molecule has 1 aliphatic rings. The maximum atomic E-state index is 12.4. The van der Waals surface area contributed by atoms with Crippen LogP contribution in [0.2, 0.25) is 5.02 Å². The third-order valence-electron chi connectivity index (χ3n) is 4.83. The highest BCUT2D eigenvalue weighted by Crippen LogP contribution is 2.30. The van der Waals surface area contributed by atoms with E-state index in [2.05, 4.69) is 20.2 Å². The Morgan fingerprint density at radius 2 is 2.06 bits per heavy atom. The molecular formula is C21H26ClN5O4. The van der Waals surface area contributed by atoms with Gasteiger partial charge in [0, 0.05) is 31.7 Å². The Balaban J connectivity index is 1.61. The normalized spacial score (nSPS) is 16.1. The van der Waals surface area contributed by atoms with Crippen LogP contribution in [0.4, 0.5) is 10.6 Å². The Kier molecular flexibility index (Phi) is 7.51. The summed E-state index contributed by atoms with van der Waals surface area (Å²) in [6.07, 6.45) is 1.44. The van der Waals surface area contributed by atoms with Gasteiger partial charge in [-0.2, -0.15) is 0 Å². The zero-order chi connectivity index (χ0) is 22.4. The monoisotopic (exact) mass is 447 g/mol. The van der Waals surface area contributed by atoms with Crippen molar-refractivity contribution >= 4 is 29.4 Å². The van der Waals surface area contributed by atoms with Gasteiger partial charge in [0.05, 0.1) is 11.6 Å². The van der Waals surface area contributed by atoms with Crippen LogP contribution in [0, 0.1) is 6.92 Å². The molecule has 166 valence electrons. The molecule has 1 aromatic heterocycles. The standard InChI is InChI=1S/C21H26ClN5O4/c1-4-30-20(28)11-23-21(29)27-8-7-26(12-15(27)3)18-10-19(25-13-24-18)31-17-9-14(2)5-6-16(17)22/h5-6,9-10,13,15H,4,7-8,11-12H2,1-3H3,(H,23,29). The maximum absolute atomic E-state index is 12.4. The number of esters is 1. The molecule has 2 heterocycles. The zero-order valence-electron chi connectivity index (χ0n) is 17.8. The first-order chi connectivity index (χ1) is 14.9. The Labute approximate surface area is 186 Å². The number of carbonyl (C=O) groups excluding carboxylic acids is 2. The van der Waals surface area contributed by atoms with Crippen molar-refractivity contribution in [2.24, 2.45) is 0 Å². The average molecular weight is 448 g/mol. The Morgan fingerprint density at radius 3 is 2.81 bits per heavy atom. The van der Waals surface area contributed by atoms with Gasteiger partial charge in [0.25, 0.3) is 0 Å². The van der Waals surface area contributed by atoms with Gasteiger partial charge in [-0.25, -0.2) is 14.8 Å². The number of aryl methyl sites for hydroxylation is 1. The fourth-order valence-electron chi connectivity index (χ4n) is 3.29. The first-order valence-electron chi connectivity index (χ1n) is 10.1. The third-order valence-corrected chi connectivity index (χ3v) is 5.14. The van der Waals surface area contributed by atoms with E-state index >= 15 is 0 Å². The SMILES string of the molecule is CCOC(=O)CNC(=O)N1CCN(c2cc(Oc3cc(C)ccc3Cl)ncn2)CC1C. The number of amides is 2. The molecule has 1 atom stereocenters. The van der Waals surface area contributed by atoms with Crippen LogP contribution in [0.25, 0.3) is 0 Å². The van der Waals surface area contributed by atoms with E-state index < -0.39 is 5.97 Å². The number of halogens is 1. The fourth-order valence-corrected chi connectivity index (χ4v) is 3.44. The number of ether oxygens (including phenoxy) is 2. The van der Waals surface area contributed by atoms with E-state index in [1.807, 2.05) is 26.0 Å². The summed E-state index contributed by atoms with van der Waals surface area (Å²) < 4.78 is 10.7. The predicted octanol–water partition coefficient (Wildman–Crippen LogP) is 3.01. The van der Waals surface area contributed by atoms with E-state index in [1.54, 1.807) is 24.0 Å². The van der Waals surface area contributed by atoms with Crippen LogP contribution in [0.3, 0.4) is 0 Å². The van der Waals surface area contributed by atoms with Crippen LogP contribution in [-0.4, -0.2) is 65.7 Å². The van der Waals surface area contributed by atoms with Crippen molar-refractivity contribution < 1.29 is 19.1 Å². The van der Waals surface area contributed by atoms with E-state index in [4.69, 9.17) is 21.1 Å². The number of piperazine rings is 1. The van der Waals surface area contributed by atoms with Crippen molar-refractivity contribution in [3.8, 4) is 11.6 Å². The summed E-state index contributed by atoms with van der Waals surface area (Å²) in [4.78, 5) is 36.1. The number of hydrogen-bond acceptors (Lipinski definition) is 7. The highest BCUT2D eigenvalue weighted by Gasteiger charge is 2.28. The second-order valence-electron chi connectivity index (χ2n) is 7.20. The second kappa shape index (κ2) is 10.3. The highest BCUT2D eigenvalue weighted by molar-refractivity contribution is 6.32. The average Bonchev–Trinajstić information content (AvgIpc) is 2.75. The van der Waals surface area contributed by atoms with Crippen molar-refractivity contribution in [1.82, 2.24) is 20.2 Å². The summed E-state index contributed by atoms with van der Waals surface area (Å²) in [6, 6.07) is 6.91. The molecule has 0 bridgehead atoms. The number of anilines is 1. The maximum Gasteiger partial charge on any atom is 0.325 e. The third kappa shape index (κ3) is 5.97. The molecule has 0 aliphatic carbocycles. The van der Waals surface area contributed by atoms with E-state index in [9.17, 15) is 9.59 Å². The minimum absolute atomic E-state index is 0.0819. The number of benzene rings is 1. The molecule has 1 aliphatic heterocycles. The van der Waals surface area contributed by atoms with E-state index in [0.29, 0.717) is 42.1 Å². The molecular weight excluding hydrogens is 422 g/mol. The lowest BCUT2D eigenvalue weighted by Gasteiger charge is -2.40. The number of nitrogens with zero attached hydrogens (tertiary/aromatic N) is 4. The molecule has 0 saturated carbocycles. The summed E-state index contributed by atoms with van der Waals surface area (Å²) >= 11 is 6.21. The quantitative estimate of drug-likeness (QED) is 0.680. The number of hydrogen-bond donors (Lipinski definition) is 1. The molecule has 31 heavy (non-hydrogen) atoms. The van der Waals surface area contributed by atoms with Crippen LogP contribution in [-0.2, 0) is 9.53 Å². The number of aromatic nitrogens is 2. The van der Waals surface area contributed by atoms with Crippen LogP contribution >= 0.6 is 11.6 Å². The highest BCUT2D eigenvalue weighted by atomic mass is 35.5. The Hall–Kier alpha value is -3.07. The summed E-state index contributed by atoms with van der Waals surface area (Å²) in [5.41, 5.74) is 1.03. The van der Waals surface area contributed by atoms with Crippen molar-refractivity contribution in [3.05, 3.63) is 41.2 Å². The lowest BCUT2D eigenvalue weighted by Crippen LogP contribution is -2.57. The van der Waals surface area contributed by atoms with Gasteiger partial charge in [0.1, 0.15) is 24.4 Å². The van der Waals surface area contributed by atoms with Gasteiger partial charge in [-0.3, -0.25) is 4.79 Å². The molecule has 9 nitrogen and oxygen atoms in total. The molecule has 10 heteroatoms. The molecule has 1 saturated heterocycles. The van der Waals surface area contributed by atoms with E-state index in [1.165, 1.54) is 6.33 Å². The molecule has 1 N–H and O–H groups in total. The number of rotatable bonds is 6.